The molecule has 0 aliphatic carbocycles. The number of anilines is 1. The van der Waals surface area contributed by atoms with E-state index in [1.165, 1.54) is 13.1 Å². The number of para-hydroxylation sites is 2. The number of H-pyrrole nitrogens is 1. The third-order valence-electron chi connectivity index (χ3n) is 4.18. The molecule has 0 atom stereocenters. The number of alkyl carbamates (subject to hydrolysis) is 1. The lowest BCUT2D eigenvalue weighted by Crippen LogP contribution is -2.31. The van der Waals surface area contributed by atoms with Crippen LogP contribution in [0.4, 0.5) is 10.5 Å². The predicted molar refractivity (Wildman–Crippen MR) is 109 cm³/mol. The second-order valence-corrected chi connectivity index (χ2v) is 6.05. The van der Waals surface area contributed by atoms with Crippen molar-refractivity contribution < 1.29 is 14.3 Å². The van der Waals surface area contributed by atoms with Crippen molar-refractivity contribution in [3.63, 3.8) is 0 Å². The summed E-state index contributed by atoms with van der Waals surface area (Å²) in [5, 5.41) is 10.6. The van der Waals surface area contributed by atoms with E-state index in [4.69, 9.17) is 4.74 Å². The molecule has 7 nitrogen and oxygen atoms in total. The summed E-state index contributed by atoms with van der Waals surface area (Å²) in [5.41, 5.74) is 2.41. The van der Waals surface area contributed by atoms with Gasteiger partial charge < -0.3 is 15.0 Å². The number of aromatic amines is 1. The van der Waals surface area contributed by atoms with Gasteiger partial charge in [0.15, 0.2) is 0 Å². The second kappa shape index (κ2) is 9.36. The van der Waals surface area contributed by atoms with Gasteiger partial charge in [-0.15, -0.1) is 0 Å². The minimum atomic E-state index is -0.483. The Morgan fingerprint density at radius 2 is 1.89 bits per heavy atom. The van der Waals surface area contributed by atoms with Crippen molar-refractivity contribution in [2.24, 2.45) is 0 Å². The van der Waals surface area contributed by atoms with Crippen LogP contribution in [0.1, 0.15) is 12.1 Å². The Labute approximate surface area is 163 Å². The summed E-state index contributed by atoms with van der Waals surface area (Å²) in [6.07, 6.45) is 3.25. The number of nitrogens with zero attached hydrogens (tertiary/aromatic N) is 2. The molecular weight excluding hydrogens is 356 g/mol. The summed E-state index contributed by atoms with van der Waals surface area (Å²) < 4.78 is 5.00. The van der Waals surface area contributed by atoms with Crippen molar-refractivity contribution in [2.75, 3.05) is 25.1 Å². The van der Waals surface area contributed by atoms with Crippen LogP contribution in [0.2, 0.25) is 0 Å². The van der Waals surface area contributed by atoms with Gasteiger partial charge in [-0.3, -0.25) is 9.89 Å². The molecule has 0 aliphatic heterocycles. The molecular formula is C21H22N4O3. The number of nitrogens with one attached hydrogen (secondary N) is 2. The molecule has 2 amide bonds. The molecule has 0 bridgehead atoms. The number of carbonyl (C=O) groups excluding carboxylic acids is 2. The van der Waals surface area contributed by atoms with Crippen LogP contribution in [0.25, 0.3) is 17.0 Å². The summed E-state index contributed by atoms with van der Waals surface area (Å²) in [6.45, 7) is 0.648. The molecule has 0 saturated heterocycles. The van der Waals surface area contributed by atoms with Crippen LogP contribution in [-0.2, 0) is 9.53 Å². The Kier molecular flexibility index (Phi) is 6.41. The molecule has 0 saturated carbocycles. The summed E-state index contributed by atoms with van der Waals surface area (Å²) in [6, 6.07) is 17.1. The van der Waals surface area contributed by atoms with Gasteiger partial charge in [0.05, 0.1) is 17.8 Å². The molecule has 0 radical (unpaired) electrons. The third kappa shape index (κ3) is 4.76. The van der Waals surface area contributed by atoms with E-state index in [1.807, 2.05) is 54.6 Å². The Morgan fingerprint density at radius 1 is 1.14 bits per heavy atom. The molecule has 144 valence electrons. The van der Waals surface area contributed by atoms with Crippen LogP contribution in [0, 0.1) is 0 Å². The van der Waals surface area contributed by atoms with Gasteiger partial charge in [-0.25, -0.2) is 4.79 Å². The van der Waals surface area contributed by atoms with Crippen molar-refractivity contribution in [1.29, 1.82) is 0 Å². The maximum atomic E-state index is 12.8. The van der Waals surface area contributed by atoms with Gasteiger partial charge in [0, 0.05) is 30.7 Å². The van der Waals surface area contributed by atoms with E-state index in [0.717, 1.165) is 16.6 Å². The molecule has 0 spiro atoms. The number of hydrogen-bond donors (Lipinski definition) is 2. The zero-order chi connectivity index (χ0) is 19.8. The minimum Gasteiger partial charge on any atom is -0.449 e. The molecule has 0 fully saturated rings. The minimum absolute atomic E-state index is 0.168. The van der Waals surface area contributed by atoms with E-state index < -0.39 is 6.09 Å². The number of benzene rings is 2. The van der Waals surface area contributed by atoms with Gasteiger partial charge in [-0.1, -0.05) is 36.4 Å². The first-order valence-electron chi connectivity index (χ1n) is 9.01. The van der Waals surface area contributed by atoms with E-state index >= 15 is 0 Å². The van der Waals surface area contributed by atoms with Crippen LogP contribution in [0.3, 0.4) is 0 Å². The average Bonchev–Trinajstić information content (AvgIpc) is 3.15. The lowest BCUT2D eigenvalue weighted by atomic mass is 10.2. The summed E-state index contributed by atoms with van der Waals surface area (Å²) >= 11 is 0. The Morgan fingerprint density at radius 3 is 2.68 bits per heavy atom. The highest BCUT2D eigenvalue weighted by molar-refractivity contribution is 6.04. The summed E-state index contributed by atoms with van der Waals surface area (Å²) in [4.78, 5) is 25.7. The van der Waals surface area contributed by atoms with Crippen molar-refractivity contribution in [3.05, 3.63) is 66.4 Å². The zero-order valence-corrected chi connectivity index (χ0v) is 15.6. The number of carbonyl (C=O) groups is 2. The van der Waals surface area contributed by atoms with Crippen LogP contribution >= 0.6 is 0 Å². The lowest BCUT2D eigenvalue weighted by Gasteiger charge is -2.21. The second-order valence-electron chi connectivity index (χ2n) is 6.05. The van der Waals surface area contributed by atoms with Crippen molar-refractivity contribution >= 4 is 34.7 Å². The number of aromatic nitrogens is 2. The molecule has 28 heavy (non-hydrogen) atoms. The van der Waals surface area contributed by atoms with Crippen LogP contribution in [-0.4, -0.2) is 42.4 Å². The highest BCUT2D eigenvalue weighted by Crippen LogP contribution is 2.18. The molecule has 1 aromatic heterocycles. The quantitative estimate of drug-likeness (QED) is 0.487. The van der Waals surface area contributed by atoms with Gasteiger partial charge in [0.2, 0.25) is 0 Å². The first-order chi connectivity index (χ1) is 13.7. The summed E-state index contributed by atoms with van der Waals surface area (Å²) in [7, 11) is 1.51. The topological polar surface area (TPSA) is 87.3 Å². The lowest BCUT2D eigenvalue weighted by molar-refractivity contribution is -0.114. The fourth-order valence-corrected chi connectivity index (χ4v) is 2.79. The number of fused-ring (bicyclic) bond motifs is 1. The van der Waals surface area contributed by atoms with Gasteiger partial charge in [0.1, 0.15) is 0 Å². The molecule has 3 rings (SSSR count). The Balaban J connectivity index is 1.71. The van der Waals surface area contributed by atoms with Gasteiger partial charge >= 0.3 is 6.09 Å². The van der Waals surface area contributed by atoms with Gasteiger partial charge in [-0.2, -0.15) is 5.10 Å². The number of rotatable bonds is 7. The van der Waals surface area contributed by atoms with Crippen molar-refractivity contribution in [2.45, 2.75) is 6.42 Å². The van der Waals surface area contributed by atoms with E-state index in [9.17, 15) is 9.59 Å². The van der Waals surface area contributed by atoms with Crippen molar-refractivity contribution in [1.82, 2.24) is 15.5 Å². The smallest absolute Gasteiger partial charge is 0.406 e. The zero-order valence-electron chi connectivity index (χ0n) is 15.6. The van der Waals surface area contributed by atoms with E-state index in [0.29, 0.717) is 18.7 Å². The van der Waals surface area contributed by atoms with Gasteiger partial charge in [0.25, 0.3) is 5.91 Å². The standard InChI is InChI=1S/C21H22N4O3/c1-22-21(27)28-15-7-14-25(16-8-3-2-4-9-16)20(26)13-12-19-17-10-5-6-11-18(17)23-24-19/h2-6,8-13H,7,14-15H2,1H3,(H,22,27)(H,23,24)/b13-12+. The monoisotopic (exact) mass is 378 g/mol. The molecule has 2 aromatic carbocycles. The Bertz CT molecular complexity index is 966. The summed E-state index contributed by atoms with van der Waals surface area (Å²) in [5.74, 6) is -0.168. The Hall–Kier alpha value is -3.61. The molecule has 1 heterocycles. The SMILES string of the molecule is CNC(=O)OCCCN(C(=O)/C=C/c1n[nH]c2ccccc12)c1ccccc1. The number of hydrogen-bond acceptors (Lipinski definition) is 4. The highest BCUT2D eigenvalue weighted by Gasteiger charge is 2.13. The maximum Gasteiger partial charge on any atom is 0.406 e. The molecule has 0 unspecified atom stereocenters. The van der Waals surface area contributed by atoms with Crippen LogP contribution in [0.15, 0.2) is 60.7 Å². The maximum absolute atomic E-state index is 12.8. The molecule has 0 aliphatic rings. The van der Waals surface area contributed by atoms with Crippen molar-refractivity contribution in [3.8, 4) is 0 Å². The average molecular weight is 378 g/mol. The molecule has 3 aromatic rings. The molecule has 2 N–H and O–H groups in total. The third-order valence-corrected chi connectivity index (χ3v) is 4.18. The largest absolute Gasteiger partial charge is 0.449 e. The highest BCUT2D eigenvalue weighted by atomic mass is 16.5. The first-order valence-corrected chi connectivity index (χ1v) is 9.01. The van der Waals surface area contributed by atoms with Crippen LogP contribution in [0.5, 0.6) is 0 Å². The van der Waals surface area contributed by atoms with E-state index in [2.05, 4.69) is 15.5 Å². The van der Waals surface area contributed by atoms with Crippen LogP contribution < -0.4 is 10.2 Å². The fraction of sp³-hybridized carbons (Fsp3) is 0.190. The fourth-order valence-electron chi connectivity index (χ4n) is 2.79. The normalized spacial score (nSPS) is 10.9. The van der Waals surface area contributed by atoms with E-state index in [-0.39, 0.29) is 12.5 Å². The van der Waals surface area contributed by atoms with Gasteiger partial charge in [-0.05, 0) is 30.7 Å². The first kappa shape index (κ1) is 19.2. The van der Waals surface area contributed by atoms with E-state index in [1.54, 1.807) is 11.0 Å². The number of ether oxygens (including phenoxy) is 1. The molecule has 7 heteroatoms. The number of amides is 2. The predicted octanol–water partition coefficient (Wildman–Crippen LogP) is 3.36.